The Balaban J connectivity index is 2.20. The van der Waals surface area contributed by atoms with Gasteiger partial charge >= 0.3 is 0 Å². The van der Waals surface area contributed by atoms with E-state index in [4.69, 9.17) is 21.7 Å². The molecule has 0 unspecified atom stereocenters. The Morgan fingerprint density at radius 1 is 1.33 bits per heavy atom. The van der Waals surface area contributed by atoms with Crippen LogP contribution in [0.4, 0.5) is 8.78 Å². The first kappa shape index (κ1) is 15.9. The fourth-order valence-corrected chi connectivity index (χ4v) is 2.35. The maximum atomic E-state index is 12.0. The van der Waals surface area contributed by atoms with E-state index >= 15 is 0 Å². The number of benzene rings is 1. The Bertz CT molecular complexity index is 652. The van der Waals surface area contributed by atoms with Gasteiger partial charge in [0.2, 0.25) is 0 Å². The number of nitrogens with one attached hydrogen (secondary N) is 1. The number of rotatable bonds is 7. The van der Waals surface area contributed by atoms with Crippen LogP contribution in [0.15, 0.2) is 18.2 Å². The normalized spacial score (nSPS) is 11.7. The predicted molar refractivity (Wildman–Crippen MR) is 79.7 cm³/mol. The molecule has 0 amide bonds. The fraction of sp³-hybridized carbons (Fsp3) is 0.500. The van der Waals surface area contributed by atoms with Crippen molar-refractivity contribution in [2.45, 2.75) is 32.9 Å². The first-order valence-electron chi connectivity index (χ1n) is 6.73. The van der Waals surface area contributed by atoms with Gasteiger partial charge in [-0.3, -0.25) is 0 Å². The molecule has 1 aromatic heterocycles. The van der Waals surface area contributed by atoms with E-state index in [0.717, 1.165) is 16.8 Å². The number of ether oxygens (including phenoxy) is 2. The van der Waals surface area contributed by atoms with Gasteiger partial charge in [0.1, 0.15) is 17.9 Å². The number of hydrogen-bond donors (Lipinski definition) is 1. The van der Waals surface area contributed by atoms with Crippen molar-refractivity contribution in [1.82, 2.24) is 9.55 Å². The Kier molecular flexibility index (Phi) is 5.30. The van der Waals surface area contributed by atoms with Gasteiger partial charge in [0, 0.05) is 6.54 Å². The van der Waals surface area contributed by atoms with Gasteiger partial charge in [-0.2, -0.15) is 0 Å². The highest BCUT2D eigenvalue weighted by Gasteiger charge is 2.10. The topological polar surface area (TPSA) is 39.2 Å². The van der Waals surface area contributed by atoms with E-state index in [1.165, 1.54) is 0 Å². The first-order valence-corrected chi connectivity index (χ1v) is 7.14. The summed E-state index contributed by atoms with van der Waals surface area (Å²) in [5.74, 6) is 0.723. The molecule has 0 saturated carbocycles. The van der Waals surface area contributed by atoms with Crippen LogP contribution < -0.4 is 4.74 Å². The van der Waals surface area contributed by atoms with Crippen molar-refractivity contribution in [3.8, 4) is 5.75 Å². The van der Waals surface area contributed by atoms with Crippen LogP contribution in [-0.4, -0.2) is 35.3 Å². The Morgan fingerprint density at radius 2 is 2.10 bits per heavy atom. The Labute approximate surface area is 126 Å². The van der Waals surface area contributed by atoms with Crippen LogP contribution in [-0.2, 0) is 11.3 Å². The van der Waals surface area contributed by atoms with Gasteiger partial charge in [-0.05, 0) is 38.2 Å². The maximum Gasteiger partial charge on any atom is 0.261 e. The van der Waals surface area contributed by atoms with Crippen LogP contribution >= 0.6 is 12.2 Å². The quantitative estimate of drug-likeness (QED) is 0.624. The number of aromatic amines is 1. The van der Waals surface area contributed by atoms with Crippen molar-refractivity contribution >= 4 is 23.3 Å². The third-order valence-corrected chi connectivity index (χ3v) is 3.16. The lowest BCUT2D eigenvalue weighted by Crippen LogP contribution is -2.10. The van der Waals surface area contributed by atoms with Crippen molar-refractivity contribution in [3.63, 3.8) is 0 Å². The zero-order chi connectivity index (χ0) is 15.4. The smallest absolute Gasteiger partial charge is 0.261 e. The molecule has 0 aliphatic carbocycles. The predicted octanol–water partition coefficient (Wildman–Crippen LogP) is 3.77. The highest BCUT2D eigenvalue weighted by molar-refractivity contribution is 7.71. The van der Waals surface area contributed by atoms with E-state index in [-0.39, 0.29) is 12.7 Å². The van der Waals surface area contributed by atoms with Gasteiger partial charge in [-0.15, -0.1) is 0 Å². The van der Waals surface area contributed by atoms with Crippen molar-refractivity contribution in [3.05, 3.63) is 23.0 Å². The number of aromatic nitrogens is 2. The molecule has 0 radical (unpaired) electrons. The summed E-state index contributed by atoms with van der Waals surface area (Å²) in [6.45, 7) is 3.93. The SMILES string of the molecule is CC(C)Oc1cccc2c1[nH]c(=S)n2CCOCC(F)F. The van der Waals surface area contributed by atoms with Crippen molar-refractivity contribution in [1.29, 1.82) is 0 Å². The third-order valence-electron chi connectivity index (χ3n) is 2.84. The van der Waals surface area contributed by atoms with Crippen LogP contribution in [0.5, 0.6) is 5.75 Å². The van der Waals surface area contributed by atoms with Crippen LogP contribution in [0.3, 0.4) is 0 Å². The first-order chi connectivity index (χ1) is 9.99. The van der Waals surface area contributed by atoms with Gasteiger partial charge in [0.05, 0.1) is 18.2 Å². The molecule has 0 fully saturated rings. The number of alkyl halides is 2. The van der Waals surface area contributed by atoms with E-state index in [1.807, 2.05) is 36.6 Å². The van der Waals surface area contributed by atoms with Gasteiger partial charge in [0.15, 0.2) is 4.77 Å². The number of nitrogens with zero attached hydrogens (tertiary/aromatic N) is 1. The molecule has 0 bridgehead atoms. The molecular weight excluding hydrogens is 298 g/mol. The summed E-state index contributed by atoms with van der Waals surface area (Å²) in [7, 11) is 0. The summed E-state index contributed by atoms with van der Waals surface area (Å²) in [6, 6.07) is 5.65. The second-order valence-corrected chi connectivity index (χ2v) is 5.25. The number of H-pyrrole nitrogens is 1. The lowest BCUT2D eigenvalue weighted by atomic mass is 10.3. The lowest BCUT2D eigenvalue weighted by molar-refractivity contribution is 0.0149. The number of para-hydroxylation sites is 1. The molecule has 0 saturated heterocycles. The Hall–Kier alpha value is -1.47. The molecule has 1 heterocycles. The van der Waals surface area contributed by atoms with E-state index in [1.54, 1.807) is 0 Å². The Morgan fingerprint density at radius 3 is 2.76 bits per heavy atom. The lowest BCUT2D eigenvalue weighted by Gasteiger charge is -2.10. The fourth-order valence-electron chi connectivity index (χ4n) is 2.06. The molecule has 0 spiro atoms. The van der Waals surface area contributed by atoms with Crippen molar-refractivity contribution in [2.75, 3.05) is 13.2 Å². The van der Waals surface area contributed by atoms with Gasteiger partial charge < -0.3 is 19.0 Å². The molecule has 1 aromatic carbocycles. The molecule has 116 valence electrons. The molecule has 0 aliphatic heterocycles. The molecule has 0 aliphatic rings. The molecule has 21 heavy (non-hydrogen) atoms. The maximum absolute atomic E-state index is 12.0. The minimum atomic E-state index is -2.45. The molecule has 1 N–H and O–H groups in total. The van der Waals surface area contributed by atoms with Crippen LogP contribution in [0.1, 0.15) is 13.8 Å². The van der Waals surface area contributed by atoms with Crippen LogP contribution in [0.2, 0.25) is 0 Å². The number of imidazole rings is 1. The van der Waals surface area contributed by atoms with E-state index in [2.05, 4.69) is 4.98 Å². The molecular formula is C14H18F2N2O2S. The molecule has 4 nitrogen and oxygen atoms in total. The standard InChI is InChI=1S/C14H18F2N2O2S/c1-9(2)20-11-5-3-4-10-13(11)17-14(21)18(10)6-7-19-8-12(15)16/h3-5,9,12H,6-8H2,1-2H3,(H,17,21). The van der Waals surface area contributed by atoms with Crippen LogP contribution in [0, 0.1) is 4.77 Å². The monoisotopic (exact) mass is 316 g/mol. The molecule has 2 aromatic rings. The average Bonchev–Trinajstić information content (AvgIpc) is 2.71. The zero-order valence-corrected chi connectivity index (χ0v) is 12.8. The zero-order valence-electron chi connectivity index (χ0n) is 11.9. The number of halogens is 2. The van der Waals surface area contributed by atoms with E-state index in [0.29, 0.717) is 11.3 Å². The number of hydrogen-bond acceptors (Lipinski definition) is 3. The van der Waals surface area contributed by atoms with Gasteiger partial charge in [-0.1, -0.05) is 6.07 Å². The highest BCUT2D eigenvalue weighted by atomic mass is 32.1. The summed E-state index contributed by atoms with van der Waals surface area (Å²) in [5, 5.41) is 0. The molecule has 7 heteroatoms. The molecule has 2 rings (SSSR count). The summed E-state index contributed by atoms with van der Waals surface area (Å²) >= 11 is 5.28. The molecule has 0 atom stereocenters. The average molecular weight is 316 g/mol. The third kappa shape index (κ3) is 4.01. The highest BCUT2D eigenvalue weighted by Crippen LogP contribution is 2.25. The second-order valence-electron chi connectivity index (χ2n) is 4.86. The van der Waals surface area contributed by atoms with Gasteiger partial charge in [-0.25, -0.2) is 8.78 Å². The number of fused-ring (bicyclic) bond motifs is 1. The summed E-state index contributed by atoms with van der Waals surface area (Å²) in [5.41, 5.74) is 1.68. The summed E-state index contributed by atoms with van der Waals surface area (Å²) in [6.07, 6.45) is -2.40. The minimum absolute atomic E-state index is 0.0512. The van der Waals surface area contributed by atoms with Crippen molar-refractivity contribution in [2.24, 2.45) is 0 Å². The van der Waals surface area contributed by atoms with Crippen molar-refractivity contribution < 1.29 is 18.3 Å². The minimum Gasteiger partial charge on any atom is -0.489 e. The second kappa shape index (κ2) is 7.00. The van der Waals surface area contributed by atoms with Gasteiger partial charge in [0.25, 0.3) is 6.43 Å². The van der Waals surface area contributed by atoms with Crippen LogP contribution in [0.25, 0.3) is 11.0 Å². The largest absolute Gasteiger partial charge is 0.489 e. The summed E-state index contributed by atoms with van der Waals surface area (Å²) in [4.78, 5) is 3.10. The van der Waals surface area contributed by atoms with E-state index in [9.17, 15) is 8.78 Å². The van der Waals surface area contributed by atoms with E-state index < -0.39 is 13.0 Å². The summed E-state index contributed by atoms with van der Waals surface area (Å²) < 4.78 is 37.0.